The van der Waals surface area contributed by atoms with Crippen LogP contribution in [0.3, 0.4) is 0 Å². The fraction of sp³-hybridized carbons (Fsp3) is 0.500. The van der Waals surface area contributed by atoms with Crippen LogP contribution in [0.15, 0.2) is 35.7 Å². The van der Waals surface area contributed by atoms with Crippen LogP contribution < -0.4 is 5.73 Å². The van der Waals surface area contributed by atoms with Gasteiger partial charge in [-0.1, -0.05) is 43.2 Å². The number of rotatable bonds is 4. The third-order valence-electron chi connectivity index (χ3n) is 5.25. The average molecular weight is 298 g/mol. The third kappa shape index (κ3) is 2.65. The quantitative estimate of drug-likeness (QED) is 0.922. The van der Waals surface area contributed by atoms with Gasteiger partial charge in [0.2, 0.25) is 0 Å². The van der Waals surface area contributed by atoms with Crippen molar-refractivity contribution < 1.29 is 0 Å². The Balaban J connectivity index is 1.43. The van der Waals surface area contributed by atoms with Gasteiger partial charge in [0.15, 0.2) is 0 Å². The fourth-order valence-corrected chi connectivity index (χ4v) is 5.04. The molecule has 2 aliphatic carbocycles. The monoisotopic (exact) mass is 298 g/mol. The van der Waals surface area contributed by atoms with Crippen molar-refractivity contribution in [2.75, 3.05) is 0 Å². The van der Waals surface area contributed by atoms with Gasteiger partial charge in [0.25, 0.3) is 0 Å². The lowest BCUT2D eigenvalue weighted by molar-refractivity contribution is 0.480. The van der Waals surface area contributed by atoms with E-state index in [4.69, 9.17) is 10.7 Å². The van der Waals surface area contributed by atoms with Crippen molar-refractivity contribution in [1.82, 2.24) is 4.98 Å². The summed E-state index contributed by atoms with van der Waals surface area (Å²) in [5.41, 5.74) is 8.78. The minimum Gasteiger partial charge on any atom is -0.327 e. The Kier molecular flexibility index (Phi) is 3.56. The summed E-state index contributed by atoms with van der Waals surface area (Å²) in [5, 5.41) is 3.36. The van der Waals surface area contributed by atoms with Crippen LogP contribution in [0.2, 0.25) is 0 Å². The van der Waals surface area contributed by atoms with E-state index in [2.05, 4.69) is 29.6 Å². The Labute approximate surface area is 130 Å². The highest BCUT2D eigenvalue weighted by Crippen LogP contribution is 2.56. The highest BCUT2D eigenvalue weighted by atomic mass is 32.1. The van der Waals surface area contributed by atoms with E-state index in [1.165, 1.54) is 36.3 Å². The van der Waals surface area contributed by atoms with Crippen LogP contribution in [-0.4, -0.2) is 11.0 Å². The van der Waals surface area contributed by atoms with Gasteiger partial charge in [0.1, 0.15) is 0 Å². The fourth-order valence-electron chi connectivity index (χ4n) is 4.17. The number of fused-ring (bicyclic) bond motifs is 1. The van der Waals surface area contributed by atoms with Crippen LogP contribution in [0.1, 0.15) is 30.7 Å². The predicted molar refractivity (Wildman–Crippen MR) is 88.2 cm³/mol. The minimum atomic E-state index is 0.313. The first kappa shape index (κ1) is 13.5. The summed E-state index contributed by atoms with van der Waals surface area (Å²) in [4.78, 5) is 4.79. The molecule has 3 atom stereocenters. The number of thiazole rings is 1. The first-order valence-corrected chi connectivity index (χ1v) is 8.96. The normalized spacial score (nSPS) is 28.9. The van der Waals surface area contributed by atoms with Gasteiger partial charge in [-0.25, -0.2) is 4.98 Å². The second-order valence-corrected chi connectivity index (χ2v) is 7.49. The molecule has 0 saturated heterocycles. The second-order valence-electron chi connectivity index (χ2n) is 6.55. The summed E-state index contributed by atoms with van der Waals surface area (Å²) in [6.07, 6.45) is 6.61. The van der Waals surface area contributed by atoms with Gasteiger partial charge in [-0.05, 0) is 30.6 Å². The summed E-state index contributed by atoms with van der Waals surface area (Å²) in [7, 11) is 0. The zero-order valence-corrected chi connectivity index (χ0v) is 13.1. The van der Waals surface area contributed by atoms with Crippen molar-refractivity contribution in [2.24, 2.45) is 23.5 Å². The van der Waals surface area contributed by atoms with E-state index >= 15 is 0 Å². The van der Waals surface area contributed by atoms with Crippen LogP contribution in [0, 0.1) is 17.8 Å². The maximum Gasteiger partial charge on any atom is 0.0948 e. The molecule has 0 spiro atoms. The molecule has 3 heteroatoms. The average Bonchev–Trinajstić information content (AvgIpc) is 3.09. The molecule has 0 amide bonds. The molecule has 21 heavy (non-hydrogen) atoms. The molecule has 2 nitrogen and oxygen atoms in total. The van der Waals surface area contributed by atoms with Crippen LogP contribution in [0.5, 0.6) is 0 Å². The maximum absolute atomic E-state index is 6.49. The molecule has 0 radical (unpaired) electrons. The largest absolute Gasteiger partial charge is 0.327 e. The van der Waals surface area contributed by atoms with E-state index in [9.17, 15) is 0 Å². The van der Waals surface area contributed by atoms with Gasteiger partial charge in [0.05, 0.1) is 10.7 Å². The number of hydrogen-bond donors (Lipinski definition) is 1. The molecular weight excluding hydrogens is 276 g/mol. The Morgan fingerprint density at radius 3 is 2.57 bits per heavy atom. The number of hydrogen-bond acceptors (Lipinski definition) is 3. The zero-order valence-electron chi connectivity index (χ0n) is 12.2. The maximum atomic E-state index is 6.49. The van der Waals surface area contributed by atoms with Crippen LogP contribution in [0.25, 0.3) is 11.3 Å². The van der Waals surface area contributed by atoms with Crippen molar-refractivity contribution in [1.29, 1.82) is 0 Å². The molecule has 110 valence electrons. The molecule has 0 bridgehead atoms. The number of benzene rings is 1. The lowest BCUT2D eigenvalue weighted by Crippen LogP contribution is -2.26. The van der Waals surface area contributed by atoms with E-state index in [1.807, 2.05) is 6.07 Å². The molecule has 1 heterocycles. The number of nitrogens with two attached hydrogens (primary N) is 1. The summed E-state index contributed by atoms with van der Waals surface area (Å²) >= 11 is 1.76. The molecule has 2 N–H and O–H groups in total. The molecule has 0 aliphatic heterocycles. The van der Waals surface area contributed by atoms with Gasteiger partial charge in [-0.15, -0.1) is 11.3 Å². The summed E-state index contributed by atoms with van der Waals surface area (Å²) < 4.78 is 0. The van der Waals surface area contributed by atoms with Gasteiger partial charge < -0.3 is 5.73 Å². The van der Waals surface area contributed by atoms with Crippen LogP contribution in [0.4, 0.5) is 0 Å². The summed E-state index contributed by atoms with van der Waals surface area (Å²) in [5.74, 6) is 2.64. The van der Waals surface area contributed by atoms with Crippen molar-refractivity contribution in [2.45, 2.75) is 38.1 Å². The van der Waals surface area contributed by atoms with Gasteiger partial charge in [0, 0.05) is 23.4 Å². The van der Waals surface area contributed by atoms with E-state index in [1.54, 1.807) is 11.3 Å². The minimum absolute atomic E-state index is 0.313. The summed E-state index contributed by atoms with van der Waals surface area (Å²) in [6, 6.07) is 10.7. The molecule has 1 aromatic heterocycles. The van der Waals surface area contributed by atoms with Gasteiger partial charge in [-0.3, -0.25) is 0 Å². The number of aromatic nitrogens is 1. The second kappa shape index (κ2) is 5.54. The van der Waals surface area contributed by atoms with Crippen molar-refractivity contribution in [3.8, 4) is 11.3 Å². The summed E-state index contributed by atoms with van der Waals surface area (Å²) in [6.45, 7) is 0. The molecular formula is C18H22N2S. The Bertz CT molecular complexity index is 595. The first-order chi connectivity index (χ1) is 10.3. The van der Waals surface area contributed by atoms with E-state index in [-0.39, 0.29) is 0 Å². The van der Waals surface area contributed by atoms with Crippen LogP contribution in [-0.2, 0) is 6.42 Å². The topological polar surface area (TPSA) is 38.9 Å². The lowest BCUT2D eigenvalue weighted by atomic mass is 10.0. The first-order valence-electron chi connectivity index (χ1n) is 8.08. The SMILES string of the molecule is NC(Cc1nc(-c2ccccc2)cs1)C1C2CCCCC21. The smallest absolute Gasteiger partial charge is 0.0948 e. The Hall–Kier alpha value is -1.19. The van der Waals surface area contributed by atoms with E-state index < -0.39 is 0 Å². The molecule has 1 aromatic carbocycles. The molecule has 2 saturated carbocycles. The van der Waals surface area contributed by atoms with Gasteiger partial charge in [-0.2, -0.15) is 0 Å². The van der Waals surface area contributed by atoms with Crippen molar-refractivity contribution in [3.05, 3.63) is 40.7 Å². The zero-order chi connectivity index (χ0) is 14.2. The van der Waals surface area contributed by atoms with Crippen molar-refractivity contribution in [3.63, 3.8) is 0 Å². The van der Waals surface area contributed by atoms with Crippen LogP contribution >= 0.6 is 11.3 Å². The van der Waals surface area contributed by atoms with E-state index in [0.29, 0.717) is 6.04 Å². The van der Waals surface area contributed by atoms with E-state index in [0.717, 1.165) is 29.9 Å². The predicted octanol–water partition coefficient (Wildman–Crippen LogP) is 4.12. The highest BCUT2D eigenvalue weighted by Gasteiger charge is 2.53. The Morgan fingerprint density at radius 1 is 1.14 bits per heavy atom. The molecule has 2 aromatic rings. The highest BCUT2D eigenvalue weighted by molar-refractivity contribution is 7.09. The molecule has 2 aliphatic rings. The molecule has 2 fully saturated rings. The van der Waals surface area contributed by atoms with Crippen molar-refractivity contribution >= 4 is 11.3 Å². The third-order valence-corrected chi connectivity index (χ3v) is 6.12. The lowest BCUT2D eigenvalue weighted by Gasteiger charge is -2.09. The van der Waals surface area contributed by atoms with Gasteiger partial charge >= 0.3 is 0 Å². The number of nitrogens with zero attached hydrogens (tertiary/aromatic N) is 1. The standard InChI is InChI=1S/C18H22N2S/c19-15(18-13-8-4-5-9-14(13)18)10-17-20-16(11-21-17)12-6-2-1-3-7-12/h1-3,6-7,11,13-15,18H,4-5,8-10,19H2. The molecule has 3 unspecified atom stereocenters. The Morgan fingerprint density at radius 2 is 1.86 bits per heavy atom. The molecule has 4 rings (SSSR count).